The third-order valence-corrected chi connectivity index (χ3v) is 10.5. The molecule has 11 heteroatoms. The first-order valence-corrected chi connectivity index (χ1v) is 18.9. The first kappa shape index (κ1) is 50.3. The molecule has 4 N–H and O–H groups in total. The number of likely N-dealkylation sites (tertiary alicyclic amines) is 2. The molecule has 302 valence electrons. The topological polar surface area (TPSA) is 166 Å². The van der Waals surface area contributed by atoms with Gasteiger partial charge in [0.2, 0.25) is 11.8 Å². The Hall–Kier alpha value is -4.72. The Balaban J connectivity index is 0.000000533. The average molecular weight is 775 g/mol. The van der Waals surface area contributed by atoms with Gasteiger partial charge in [-0.3, -0.25) is 9.59 Å². The van der Waals surface area contributed by atoms with E-state index in [1.54, 1.807) is 9.80 Å². The van der Waals surface area contributed by atoms with Crippen LogP contribution < -0.4 is 18.9 Å². The number of rotatable bonds is 12. The number of amides is 2. The zero-order chi connectivity index (χ0) is 37.7. The molecule has 2 fully saturated rings. The number of carbonyl (C=O) groups excluding carboxylic acids is 3. The summed E-state index contributed by atoms with van der Waals surface area (Å²) in [5.74, 6) is -1.65. The van der Waals surface area contributed by atoms with Crippen LogP contribution in [0.15, 0.2) is 121 Å². The molecule has 4 aromatic rings. The first-order valence-electron chi connectivity index (χ1n) is 18.9. The molecule has 0 unspecified atom stereocenters. The fourth-order valence-corrected chi connectivity index (χ4v) is 8.03. The number of esters is 1. The minimum atomic E-state index is -0.906. The Kier molecular flexibility index (Phi) is 21.9. The number of nitrogens with zero attached hydrogens (tertiary/aromatic N) is 2. The molecular weight excluding hydrogens is 715 g/mol. The summed E-state index contributed by atoms with van der Waals surface area (Å²) in [5, 5.41) is 9.65. The van der Waals surface area contributed by atoms with E-state index < -0.39 is 29.9 Å². The molecule has 2 aliphatic rings. The standard InChI is InChI=1S/C23H27NO3.C22H25NO3.CH4.Li.2H2O/c1-3-10-17-15-20(23(26)27-2)24(16-17)22(25)21(18-11-6-4-7-12-18)19-13-8-5-9-14-19;1-2-9-16-14-19(22(25)26)23(15-16)21(24)20(17-10-5-3-6-11-17)18-12-7-4-8-13-18;;;;/h4-9,11-14,17,20-21H,3,10,15-16H2,1-2H3;3-8,10-13,16,19-20H,2,9,14-15H2,1H3,(H,25,26);1H4;;2*1H2/q;;;+1;;/p-1/t17-,20-;16-,19-;;;;/m00..../s1. The largest absolute Gasteiger partial charge is 1.00 e. The van der Waals surface area contributed by atoms with E-state index in [9.17, 15) is 24.3 Å². The molecule has 0 aliphatic carbocycles. The Morgan fingerprint density at radius 3 is 1.19 bits per heavy atom. The molecule has 4 aromatic carbocycles. The summed E-state index contributed by atoms with van der Waals surface area (Å²) >= 11 is 0. The van der Waals surface area contributed by atoms with Gasteiger partial charge in [0, 0.05) is 13.1 Å². The van der Waals surface area contributed by atoms with Gasteiger partial charge in [-0.2, -0.15) is 0 Å². The zero-order valence-corrected chi connectivity index (χ0v) is 33.0. The second kappa shape index (κ2) is 24.8. The van der Waals surface area contributed by atoms with E-state index in [1.165, 1.54) is 7.11 Å². The summed E-state index contributed by atoms with van der Waals surface area (Å²) in [6, 6.07) is 37.6. The van der Waals surface area contributed by atoms with Crippen LogP contribution in [-0.4, -0.2) is 81.9 Å². The van der Waals surface area contributed by atoms with E-state index in [0.29, 0.717) is 31.8 Å². The van der Waals surface area contributed by atoms with Crippen LogP contribution in [0.2, 0.25) is 0 Å². The Morgan fingerprint density at radius 2 is 0.912 bits per heavy atom. The van der Waals surface area contributed by atoms with Crippen LogP contribution in [0.1, 0.15) is 93.9 Å². The molecule has 2 saturated heterocycles. The van der Waals surface area contributed by atoms with E-state index in [0.717, 1.165) is 47.9 Å². The van der Waals surface area contributed by atoms with E-state index in [4.69, 9.17) is 4.74 Å². The maximum absolute atomic E-state index is 13.6. The molecule has 6 rings (SSSR count). The van der Waals surface area contributed by atoms with Crippen molar-refractivity contribution in [2.45, 2.75) is 83.7 Å². The van der Waals surface area contributed by atoms with Crippen molar-refractivity contribution in [1.29, 1.82) is 0 Å². The zero-order valence-electron chi connectivity index (χ0n) is 33.0. The van der Waals surface area contributed by atoms with Crippen molar-refractivity contribution in [2.24, 2.45) is 11.8 Å². The van der Waals surface area contributed by atoms with Gasteiger partial charge in [0.05, 0.1) is 18.9 Å². The Bertz CT molecular complexity index is 1700. The molecular formula is C46H59LiN2O8. The van der Waals surface area contributed by atoms with Crippen LogP contribution in [0.4, 0.5) is 0 Å². The number of benzene rings is 4. The number of aliphatic carboxylic acids is 1. The van der Waals surface area contributed by atoms with Crippen LogP contribution in [0.5, 0.6) is 0 Å². The van der Waals surface area contributed by atoms with Crippen LogP contribution in [0.3, 0.4) is 0 Å². The van der Waals surface area contributed by atoms with Crippen LogP contribution >= 0.6 is 0 Å². The van der Waals surface area contributed by atoms with Crippen molar-refractivity contribution in [3.63, 3.8) is 0 Å². The van der Waals surface area contributed by atoms with Crippen molar-refractivity contribution in [3.8, 4) is 0 Å². The third kappa shape index (κ3) is 12.6. The van der Waals surface area contributed by atoms with Gasteiger partial charge in [0.1, 0.15) is 12.1 Å². The summed E-state index contributed by atoms with van der Waals surface area (Å²) < 4.78 is 5.00. The van der Waals surface area contributed by atoms with Crippen LogP contribution in [0, 0.1) is 11.8 Å². The maximum Gasteiger partial charge on any atom is 1.00 e. The molecule has 0 bridgehead atoms. The predicted molar refractivity (Wildman–Crippen MR) is 218 cm³/mol. The van der Waals surface area contributed by atoms with Crippen molar-refractivity contribution >= 4 is 23.8 Å². The Labute approximate surface area is 350 Å². The monoisotopic (exact) mass is 774 g/mol. The summed E-state index contributed by atoms with van der Waals surface area (Å²) in [7, 11) is 1.39. The minimum absolute atomic E-state index is 0. The normalized spacial score (nSPS) is 18.1. The van der Waals surface area contributed by atoms with Gasteiger partial charge >= 0.3 is 30.8 Å². The van der Waals surface area contributed by atoms with Crippen LogP contribution in [-0.2, 0) is 23.9 Å². The molecule has 2 aliphatic heterocycles. The number of carboxylic acid groups (broad SMARTS) is 1. The molecule has 57 heavy (non-hydrogen) atoms. The smallest absolute Gasteiger partial charge is 0.870 e. The van der Waals surface area contributed by atoms with Gasteiger partial charge in [0.15, 0.2) is 0 Å². The predicted octanol–water partition coefficient (Wildman–Crippen LogP) is 4.57. The van der Waals surface area contributed by atoms with Crippen molar-refractivity contribution in [1.82, 2.24) is 9.80 Å². The average Bonchev–Trinajstić information content (AvgIpc) is 3.82. The number of carboxylic acids is 1. The van der Waals surface area contributed by atoms with Gasteiger partial charge < -0.3 is 30.6 Å². The number of methoxy groups -OCH3 is 1. The fourth-order valence-electron chi connectivity index (χ4n) is 8.03. The van der Waals surface area contributed by atoms with Gasteiger partial charge in [-0.25, -0.2) is 9.59 Å². The number of hydrogen-bond donors (Lipinski definition) is 1. The van der Waals surface area contributed by atoms with Crippen molar-refractivity contribution in [2.75, 3.05) is 20.2 Å². The van der Waals surface area contributed by atoms with Gasteiger partial charge in [0.25, 0.3) is 0 Å². The Morgan fingerprint density at radius 1 is 0.614 bits per heavy atom. The molecule has 0 radical (unpaired) electrons. The SMILES string of the molecule is C.CCC[C@H]1C[C@@H](C(=O)O)N(C(=O)C(c2ccccc2)c2ccccc2)C1.CCC[C@H]1C[C@@H](C(=O)OC)N(C(=O)C(c2ccccc2)c2ccccc2)C1.O.[Li+].[OH-]. The molecule has 0 aromatic heterocycles. The number of ether oxygens (including phenoxy) is 1. The summed E-state index contributed by atoms with van der Waals surface area (Å²) in [6.07, 6.45) is 5.24. The maximum atomic E-state index is 13.6. The molecule has 4 atom stereocenters. The molecule has 10 nitrogen and oxygen atoms in total. The van der Waals surface area contributed by atoms with E-state index in [-0.39, 0.29) is 60.9 Å². The first-order chi connectivity index (χ1) is 25.8. The minimum Gasteiger partial charge on any atom is -0.870 e. The number of carbonyl (C=O) groups is 4. The van der Waals surface area contributed by atoms with Crippen molar-refractivity contribution < 1.29 is 58.8 Å². The van der Waals surface area contributed by atoms with E-state index in [1.807, 2.05) is 121 Å². The number of hydrogen-bond acceptors (Lipinski definition) is 6. The second-order valence-corrected chi connectivity index (χ2v) is 14.2. The third-order valence-electron chi connectivity index (χ3n) is 10.5. The molecule has 0 saturated carbocycles. The summed E-state index contributed by atoms with van der Waals surface area (Å²) in [4.78, 5) is 54.6. The van der Waals surface area contributed by atoms with E-state index >= 15 is 0 Å². The molecule has 2 amide bonds. The fraction of sp³-hybridized carbons (Fsp3) is 0.391. The molecule has 0 spiro atoms. The van der Waals surface area contributed by atoms with Gasteiger partial charge in [-0.1, -0.05) is 155 Å². The van der Waals surface area contributed by atoms with E-state index in [2.05, 4.69) is 13.8 Å². The quantitative estimate of drug-likeness (QED) is 0.163. The van der Waals surface area contributed by atoms with Crippen molar-refractivity contribution in [3.05, 3.63) is 144 Å². The summed E-state index contributed by atoms with van der Waals surface area (Å²) in [6.45, 7) is 5.37. The van der Waals surface area contributed by atoms with Crippen LogP contribution in [0.25, 0.3) is 0 Å². The van der Waals surface area contributed by atoms with Gasteiger partial charge in [-0.05, 0) is 59.8 Å². The second-order valence-electron chi connectivity index (χ2n) is 14.2. The molecule has 2 heterocycles. The summed E-state index contributed by atoms with van der Waals surface area (Å²) in [5.41, 5.74) is 3.67. The van der Waals surface area contributed by atoms with Gasteiger partial charge in [-0.15, -0.1) is 0 Å².